The monoisotopic (exact) mass is 430 g/mol. The molecule has 1 fully saturated rings. The molecule has 1 amide bonds. The average molecular weight is 431 g/mol. The first-order valence-electron chi connectivity index (χ1n) is 10.1. The summed E-state index contributed by atoms with van der Waals surface area (Å²) in [6.45, 7) is 11.6. The largest absolute Gasteiger partial charge is 0.349 e. The minimum Gasteiger partial charge on any atom is -0.349 e. The summed E-state index contributed by atoms with van der Waals surface area (Å²) >= 11 is 11.9. The Morgan fingerprint density at radius 3 is 2.32 bits per heavy atom. The lowest BCUT2D eigenvalue weighted by atomic mass is 9.84. The number of alkyl halides is 1. The van der Waals surface area contributed by atoms with Crippen LogP contribution >= 0.6 is 23.2 Å². The van der Waals surface area contributed by atoms with E-state index in [0.29, 0.717) is 39.8 Å². The van der Waals surface area contributed by atoms with E-state index in [9.17, 15) is 4.79 Å². The number of rotatable bonds is 7. The highest BCUT2D eigenvalue weighted by atomic mass is 35.5. The highest BCUT2D eigenvalue weighted by Gasteiger charge is 2.35. The molecule has 1 saturated heterocycles. The number of carbonyl (C=O) groups excluding carboxylic acids is 1. The standard InChI is InChI=1S/C22H33Cl2FN2O/c1-16(14-21(2,3)4)5-8-27-9-6-22(25,7-10-27)15-26-20(28)17-11-18(23)13-19(24)12-17/h11-13,16H,5-10,14-15H2,1-4H3,(H,26,28). The van der Waals surface area contributed by atoms with Gasteiger partial charge in [-0.2, -0.15) is 0 Å². The molecule has 1 unspecified atom stereocenters. The maximum atomic E-state index is 15.1. The molecule has 0 radical (unpaired) electrons. The van der Waals surface area contributed by atoms with Crippen LogP contribution in [-0.4, -0.2) is 42.7 Å². The molecule has 6 heteroatoms. The van der Waals surface area contributed by atoms with Crippen LogP contribution in [-0.2, 0) is 0 Å². The molecule has 28 heavy (non-hydrogen) atoms. The second-order valence-corrected chi connectivity index (χ2v) is 10.4. The zero-order chi connectivity index (χ0) is 20.9. The van der Waals surface area contributed by atoms with Gasteiger partial charge in [-0.05, 0) is 61.8 Å². The number of halogens is 3. The van der Waals surface area contributed by atoms with E-state index in [1.165, 1.54) is 18.6 Å². The fourth-order valence-electron chi connectivity index (χ4n) is 3.93. The minimum absolute atomic E-state index is 0.0181. The van der Waals surface area contributed by atoms with Gasteiger partial charge in [0.1, 0.15) is 5.67 Å². The van der Waals surface area contributed by atoms with Crippen molar-refractivity contribution in [3.63, 3.8) is 0 Å². The normalized spacial score (nSPS) is 18.7. The van der Waals surface area contributed by atoms with E-state index >= 15 is 4.39 Å². The van der Waals surface area contributed by atoms with Gasteiger partial charge in [0.25, 0.3) is 5.91 Å². The Morgan fingerprint density at radius 1 is 1.21 bits per heavy atom. The van der Waals surface area contributed by atoms with Crippen molar-refractivity contribution in [2.45, 2.75) is 59.0 Å². The summed E-state index contributed by atoms with van der Waals surface area (Å²) in [5, 5.41) is 3.49. The molecule has 1 aliphatic rings. The summed E-state index contributed by atoms with van der Waals surface area (Å²) in [6, 6.07) is 4.64. The van der Waals surface area contributed by atoms with Gasteiger partial charge in [0.2, 0.25) is 0 Å². The smallest absolute Gasteiger partial charge is 0.251 e. The second-order valence-electron chi connectivity index (χ2n) is 9.49. The number of carbonyl (C=O) groups is 1. The predicted octanol–water partition coefficient (Wildman–Crippen LogP) is 5.99. The van der Waals surface area contributed by atoms with Gasteiger partial charge in [-0.15, -0.1) is 0 Å². The molecule has 1 N–H and O–H groups in total. The molecule has 0 aliphatic carbocycles. The van der Waals surface area contributed by atoms with E-state index in [1.807, 2.05) is 0 Å². The fourth-order valence-corrected chi connectivity index (χ4v) is 4.46. The molecule has 1 aromatic carbocycles. The van der Waals surface area contributed by atoms with Crippen LogP contribution in [0.1, 0.15) is 63.7 Å². The Hall–Kier alpha value is -0.840. The highest BCUT2D eigenvalue weighted by molar-refractivity contribution is 6.35. The van der Waals surface area contributed by atoms with Crippen LogP contribution in [0, 0.1) is 11.3 Å². The number of nitrogens with one attached hydrogen (secondary N) is 1. The SMILES string of the molecule is CC(CCN1CCC(F)(CNC(=O)c2cc(Cl)cc(Cl)c2)CC1)CC(C)(C)C. The zero-order valence-corrected chi connectivity index (χ0v) is 19.0. The van der Waals surface area contributed by atoms with Crippen LogP contribution in [0.25, 0.3) is 0 Å². The third-order valence-corrected chi connectivity index (χ3v) is 5.78. The van der Waals surface area contributed by atoms with Crippen LogP contribution in [0.2, 0.25) is 10.0 Å². The number of likely N-dealkylation sites (tertiary alicyclic amines) is 1. The van der Waals surface area contributed by atoms with Crippen LogP contribution in [0.15, 0.2) is 18.2 Å². The van der Waals surface area contributed by atoms with E-state index in [-0.39, 0.29) is 12.5 Å². The van der Waals surface area contributed by atoms with Gasteiger partial charge in [-0.3, -0.25) is 4.79 Å². The molecule has 1 heterocycles. The second kappa shape index (κ2) is 9.77. The Labute approximate surface area is 179 Å². The van der Waals surface area contributed by atoms with Gasteiger partial charge in [0.05, 0.1) is 6.54 Å². The lowest BCUT2D eigenvalue weighted by Gasteiger charge is -2.37. The summed E-state index contributed by atoms with van der Waals surface area (Å²) < 4.78 is 15.1. The molecule has 0 bridgehead atoms. The Balaban J connectivity index is 1.76. The molecular weight excluding hydrogens is 398 g/mol. The average Bonchev–Trinajstić information content (AvgIpc) is 2.57. The molecule has 0 spiro atoms. The number of benzene rings is 1. The molecule has 1 aromatic rings. The third-order valence-electron chi connectivity index (χ3n) is 5.34. The number of nitrogens with zero attached hydrogens (tertiary/aromatic N) is 1. The molecule has 3 nitrogen and oxygen atoms in total. The van der Waals surface area contributed by atoms with Crippen molar-refractivity contribution in [1.29, 1.82) is 0 Å². The maximum absolute atomic E-state index is 15.1. The van der Waals surface area contributed by atoms with Gasteiger partial charge in [0, 0.05) is 28.7 Å². The van der Waals surface area contributed by atoms with E-state index < -0.39 is 5.67 Å². The number of amides is 1. The number of hydrogen-bond donors (Lipinski definition) is 1. The quantitative estimate of drug-likeness (QED) is 0.575. The summed E-state index contributed by atoms with van der Waals surface area (Å²) in [5.74, 6) is 0.320. The van der Waals surface area contributed by atoms with Crippen LogP contribution in [0.3, 0.4) is 0 Å². The van der Waals surface area contributed by atoms with Crippen molar-refractivity contribution in [1.82, 2.24) is 10.2 Å². The summed E-state index contributed by atoms with van der Waals surface area (Å²) in [4.78, 5) is 14.6. The summed E-state index contributed by atoms with van der Waals surface area (Å²) in [6.07, 6.45) is 3.23. The number of hydrogen-bond acceptors (Lipinski definition) is 2. The van der Waals surface area contributed by atoms with Gasteiger partial charge in [0.15, 0.2) is 0 Å². The van der Waals surface area contributed by atoms with Gasteiger partial charge in [-0.25, -0.2) is 4.39 Å². The van der Waals surface area contributed by atoms with Crippen molar-refractivity contribution in [2.75, 3.05) is 26.2 Å². The van der Waals surface area contributed by atoms with Gasteiger partial charge in [-0.1, -0.05) is 50.9 Å². The molecule has 0 aromatic heterocycles. The molecule has 0 saturated carbocycles. The molecule has 2 rings (SSSR count). The fraction of sp³-hybridized carbons (Fsp3) is 0.682. The van der Waals surface area contributed by atoms with Gasteiger partial charge < -0.3 is 10.2 Å². The minimum atomic E-state index is -1.36. The van der Waals surface area contributed by atoms with Crippen molar-refractivity contribution in [3.05, 3.63) is 33.8 Å². The first-order valence-corrected chi connectivity index (χ1v) is 10.9. The Morgan fingerprint density at radius 2 is 1.79 bits per heavy atom. The van der Waals surface area contributed by atoms with Crippen molar-refractivity contribution < 1.29 is 9.18 Å². The van der Waals surface area contributed by atoms with Crippen LogP contribution in [0.5, 0.6) is 0 Å². The maximum Gasteiger partial charge on any atom is 0.251 e. The van der Waals surface area contributed by atoms with Crippen molar-refractivity contribution in [2.24, 2.45) is 11.3 Å². The van der Waals surface area contributed by atoms with Crippen molar-refractivity contribution >= 4 is 29.1 Å². The zero-order valence-electron chi connectivity index (χ0n) is 17.5. The molecule has 1 aliphatic heterocycles. The summed E-state index contributed by atoms with van der Waals surface area (Å²) in [7, 11) is 0. The first-order chi connectivity index (χ1) is 13.0. The van der Waals surface area contributed by atoms with Gasteiger partial charge >= 0.3 is 0 Å². The summed E-state index contributed by atoms with van der Waals surface area (Å²) in [5.41, 5.74) is -0.654. The van der Waals surface area contributed by atoms with E-state index in [0.717, 1.165) is 26.1 Å². The van der Waals surface area contributed by atoms with E-state index in [2.05, 4.69) is 37.9 Å². The Bertz CT molecular complexity index is 647. The molecular formula is C22H33Cl2FN2O. The molecule has 158 valence electrons. The highest BCUT2D eigenvalue weighted by Crippen LogP contribution is 2.29. The lowest BCUT2D eigenvalue weighted by Crippen LogP contribution is -2.48. The van der Waals surface area contributed by atoms with Crippen molar-refractivity contribution in [3.8, 4) is 0 Å². The first kappa shape index (κ1) is 23.4. The molecule has 1 atom stereocenters. The predicted molar refractivity (Wildman–Crippen MR) is 116 cm³/mol. The number of piperidine rings is 1. The lowest BCUT2D eigenvalue weighted by molar-refractivity contribution is 0.0521. The Kier molecular flexibility index (Phi) is 8.18. The van der Waals surface area contributed by atoms with E-state index in [4.69, 9.17) is 23.2 Å². The topological polar surface area (TPSA) is 32.3 Å². The van der Waals surface area contributed by atoms with Crippen LogP contribution in [0.4, 0.5) is 4.39 Å². The van der Waals surface area contributed by atoms with Crippen LogP contribution < -0.4 is 5.32 Å². The third kappa shape index (κ3) is 7.88. The van der Waals surface area contributed by atoms with E-state index in [1.54, 1.807) is 6.07 Å².